The second-order valence-electron chi connectivity index (χ2n) is 5.23. The number of carbonyl (C=O) groups is 2. The molecule has 0 amide bonds. The van der Waals surface area contributed by atoms with Crippen molar-refractivity contribution in [3.05, 3.63) is 11.1 Å². The quantitative estimate of drug-likeness (QED) is 0.694. The molecule has 0 spiro atoms. The third-order valence-corrected chi connectivity index (χ3v) is 4.55. The molecule has 2 saturated carbocycles. The van der Waals surface area contributed by atoms with Crippen LogP contribution >= 0.6 is 0 Å². The fourth-order valence-corrected chi connectivity index (χ4v) is 3.86. The molecule has 0 aromatic heterocycles. The lowest BCUT2D eigenvalue weighted by Gasteiger charge is -2.23. The van der Waals surface area contributed by atoms with Gasteiger partial charge in [-0.25, -0.2) is 0 Å². The standard InChI is InChI=1S/C12H14O4/c13-11(14)6-3-7-5-1-9(8(7)4-6)10(2-5)12(15)16/h6,8-10H,1-4H2,(H,13,14)(H,15,16). The first-order valence-corrected chi connectivity index (χ1v) is 5.74. The maximum atomic E-state index is 11.1. The van der Waals surface area contributed by atoms with Crippen LogP contribution in [0.4, 0.5) is 0 Å². The zero-order valence-corrected chi connectivity index (χ0v) is 8.85. The molecule has 4 heteroatoms. The lowest BCUT2D eigenvalue weighted by atomic mass is 9.80. The van der Waals surface area contributed by atoms with Gasteiger partial charge >= 0.3 is 11.9 Å². The minimum atomic E-state index is -0.728. The predicted molar refractivity (Wildman–Crippen MR) is 54.7 cm³/mol. The van der Waals surface area contributed by atoms with Crippen LogP contribution in [0.25, 0.3) is 0 Å². The molecular formula is C12H14O4. The highest BCUT2D eigenvalue weighted by molar-refractivity contribution is 5.74. The molecular weight excluding hydrogens is 208 g/mol. The fourth-order valence-electron chi connectivity index (χ4n) is 3.86. The summed E-state index contributed by atoms with van der Waals surface area (Å²) in [5.74, 6) is -1.52. The lowest BCUT2D eigenvalue weighted by molar-refractivity contribution is -0.143. The third kappa shape index (κ3) is 1.16. The summed E-state index contributed by atoms with van der Waals surface area (Å²) in [6, 6.07) is 0. The van der Waals surface area contributed by atoms with Gasteiger partial charge in [-0.1, -0.05) is 11.1 Å². The van der Waals surface area contributed by atoms with Crippen LogP contribution in [0.1, 0.15) is 25.7 Å². The number of hydrogen-bond acceptors (Lipinski definition) is 2. The fraction of sp³-hybridized carbons (Fsp3) is 0.667. The van der Waals surface area contributed by atoms with Gasteiger partial charge in [0, 0.05) is 0 Å². The first-order valence-electron chi connectivity index (χ1n) is 5.74. The molecule has 2 fully saturated rings. The van der Waals surface area contributed by atoms with Crippen molar-refractivity contribution in [1.82, 2.24) is 0 Å². The molecule has 2 bridgehead atoms. The Morgan fingerprint density at radius 1 is 1.06 bits per heavy atom. The van der Waals surface area contributed by atoms with E-state index in [1.54, 1.807) is 0 Å². The van der Waals surface area contributed by atoms with Crippen molar-refractivity contribution in [2.75, 3.05) is 0 Å². The van der Waals surface area contributed by atoms with Gasteiger partial charge in [0.25, 0.3) is 0 Å². The zero-order chi connectivity index (χ0) is 11.4. The number of fused-ring (bicyclic) bond motifs is 4. The van der Waals surface area contributed by atoms with Gasteiger partial charge in [-0.05, 0) is 37.5 Å². The van der Waals surface area contributed by atoms with Gasteiger partial charge in [-0.2, -0.15) is 0 Å². The summed E-state index contributed by atoms with van der Waals surface area (Å²) >= 11 is 0. The van der Waals surface area contributed by atoms with E-state index in [1.165, 1.54) is 11.1 Å². The van der Waals surface area contributed by atoms with Crippen molar-refractivity contribution >= 4 is 11.9 Å². The summed E-state index contributed by atoms with van der Waals surface area (Å²) in [6.45, 7) is 0. The summed E-state index contributed by atoms with van der Waals surface area (Å²) in [5.41, 5.74) is 2.54. The summed E-state index contributed by atoms with van der Waals surface area (Å²) in [4.78, 5) is 22.0. The molecule has 0 radical (unpaired) electrons. The van der Waals surface area contributed by atoms with E-state index < -0.39 is 11.9 Å². The van der Waals surface area contributed by atoms with Crippen molar-refractivity contribution < 1.29 is 19.8 Å². The van der Waals surface area contributed by atoms with Gasteiger partial charge in [0.15, 0.2) is 0 Å². The van der Waals surface area contributed by atoms with Crippen LogP contribution in [0.15, 0.2) is 11.1 Å². The molecule has 0 aliphatic heterocycles. The Labute approximate surface area is 93.0 Å². The maximum Gasteiger partial charge on any atom is 0.307 e. The van der Waals surface area contributed by atoms with Crippen LogP contribution in [0.3, 0.4) is 0 Å². The molecule has 3 rings (SSSR count). The summed E-state index contributed by atoms with van der Waals surface area (Å²) in [6.07, 6.45) is 2.89. The molecule has 0 aromatic carbocycles. The van der Waals surface area contributed by atoms with E-state index >= 15 is 0 Å². The Morgan fingerprint density at radius 3 is 2.44 bits per heavy atom. The Morgan fingerprint density at radius 2 is 1.81 bits per heavy atom. The molecule has 16 heavy (non-hydrogen) atoms. The second kappa shape index (κ2) is 3.09. The van der Waals surface area contributed by atoms with Gasteiger partial charge in [-0.15, -0.1) is 0 Å². The Hall–Kier alpha value is -1.32. The molecule has 3 aliphatic carbocycles. The Kier molecular flexibility index (Phi) is 1.91. The summed E-state index contributed by atoms with van der Waals surface area (Å²) in [7, 11) is 0. The average molecular weight is 222 g/mol. The normalized spacial score (nSPS) is 40.2. The van der Waals surface area contributed by atoms with E-state index in [0.717, 1.165) is 6.42 Å². The van der Waals surface area contributed by atoms with Crippen LogP contribution in [-0.2, 0) is 9.59 Å². The van der Waals surface area contributed by atoms with E-state index in [4.69, 9.17) is 10.2 Å². The van der Waals surface area contributed by atoms with Crippen molar-refractivity contribution in [1.29, 1.82) is 0 Å². The molecule has 0 saturated heterocycles. The first kappa shape index (κ1) is 9.87. The van der Waals surface area contributed by atoms with E-state index in [1.807, 2.05) is 0 Å². The van der Waals surface area contributed by atoms with Crippen LogP contribution < -0.4 is 0 Å². The SMILES string of the molecule is O=C(O)C1CC2=C3CC(C(=O)O)C(C3)C2C1. The van der Waals surface area contributed by atoms with Gasteiger partial charge < -0.3 is 10.2 Å². The van der Waals surface area contributed by atoms with Gasteiger partial charge in [-0.3, -0.25) is 9.59 Å². The molecule has 0 heterocycles. The molecule has 3 aliphatic rings. The van der Waals surface area contributed by atoms with E-state index in [9.17, 15) is 9.59 Å². The largest absolute Gasteiger partial charge is 0.481 e. The predicted octanol–water partition coefficient (Wildman–Crippen LogP) is 1.52. The summed E-state index contributed by atoms with van der Waals surface area (Å²) in [5, 5.41) is 18.1. The highest BCUT2D eigenvalue weighted by Gasteiger charge is 2.52. The molecule has 2 N–H and O–H groups in total. The topological polar surface area (TPSA) is 74.6 Å². The smallest absolute Gasteiger partial charge is 0.307 e. The Balaban J connectivity index is 1.87. The number of carboxylic acid groups (broad SMARTS) is 2. The van der Waals surface area contributed by atoms with Crippen LogP contribution in [0, 0.1) is 23.7 Å². The molecule has 4 nitrogen and oxygen atoms in total. The minimum Gasteiger partial charge on any atom is -0.481 e. The molecule has 4 atom stereocenters. The van der Waals surface area contributed by atoms with Crippen molar-refractivity contribution in [2.45, 2.75) is 25.7 Å². The summed E-state index contributed by atoms with van der Waals surface area (Å²) < 4.78 is 0. The number of carboxylic acids is 2. The number of hydrogen-bond donors (Lipinski definition) is 2. The maximum absolute atomic E-state index is 11.1. The monoisotopic (exact) mass is 222 g/mol. The highest BCUT2D eigenvalue weighted by atomic mass is 16.4. The van der Waals surface area contributed by atoms with E-state index in [2.05, 4.69) is 0 Å². The van der Waals surface area contributed by atoms with Crippen LogP contribution in [0.5, 0.6) is 0 Å². The molecule has 0 aromatic rings. The van der Waals surface area contributed by atoms with Crippen molar-refractivity contribution in [3.63, 3.8) is 0 Å². The molecule has 86 valence electrons. The van der Waals surface area contributed by atoms with Crippen LogP contribution in [-0.4, -0.2) is 22.2 Å². The lowest BCUT2D eigenvalue weighted by Crippen LogP contribution is -2.25. The Bertz CT molecular complexity index is 409. The van der Waals surface area contributed by atoms with Crippen molar-refractivity contribution in [3.8, 4) is 0 Å². The first-order chi connectivity index (χ1) is 7.58. The molecule has 4 unspecified atom stereocenters. The van der Waals surface area contributed by atoms with Gasteiger partial charge in [0.1, 0.15) is 0 Å². The minimum absolute atomic E-state index is 0.187. The second-order valence-corrected chi connectivity index (χ2v) is 5.23. The number of allylic oxidation sites excluding steroid dienone is 2. The van der Waals surface area contributed by atoms with E-state index in [0.29, 0.717) is 19.3 Å². The van der Waals surface area contributed by atoms with E-state index in [-0.39, 0.29) is 23.7 Å². The van der Waals surface area contributed by atoms with Gasteiger partial charge in [0.2, 0.25) is 0 Å². The average Bonchev–Trinajstić information content (AvgIpc) is 2.87. The van der Waals surface area contributed by atoms with Crippen molar-refractivity contribution in [2.24, 2.45) is 23.7 Å². The number of aliphatic carboxylic acids is 2. The highest BCUT2D eigenvalue weighted by Crippen LogP contribution is 2.58. The zero-order valence-electron chi connectivity index (χ0n) is 8.85. The van der Waals surface area contributed by atoms with Gasteiger partial charge in [0.05, 0.1) is 11.8 Å². The van der Waals surface area contributed by atoms with Crippen LogP contribution in [0.2, 0.25) is 0 Å². The third-order valence-electron chi connectivity index (χ3n) is 4.55. The number of rotatable bonds is 2.